The molecule has 0 saturated carbocycles. The lowest BCUT2D eigenvalue weighted by Gasteiger charge is -2.18. The van der Waals surface area contributed by atoms with Crippen molar-refractivity contribution < 1.29 is 14.0 Å². The van der Waals surface area contributed by atoms with E-state index in [1.165, 1.54) is 12.1 Å². The molecule has 1 unspecified atom stereocenters. The Kier molecular flexibility index (Phi) is 4.50. The Labute approximate surface area is 147 Å². The van der Waals surface area contributed by atoms with E-state index in [2.05, 4.69) is 6.58 Å². The maximum absolute atomic E-state index is 14.8. The minimum atomic E-state index is -0.590. The van der Waals surface area contributed by atoms with Gasteiger partial charge in [0.1, 0.15) is 5.82 Å². The fourth-order valence-electron chi connectivity index (χ4n) is 4.02. The van der Waals surface area contributed by atoms with Gasteiger partial charge in [0.05, 0.1) is 0 Å². The molecular formula is C20H23FN2O2. The van der Waals surface area contributed by atoms with E-state index in [0.717, 1.165) is 28.7 Å². The zero-order valence-corrected chi connectivity index (χ0v) is 14.7. The van der Waals surface area contributed by atoms with E-state index in [1.807, 2.05) is 13.8 Å². The van der Waals surface area contributed by atoms with E-state index in [1.54, 1.807) is 4.90 Å². The van der Waals surface area contributed by atoms with Crippen molar-refractivity contribution in [1.82, 2.24) is 4.90 Å². The van der Waals surface area contributed by atoms with Crippen molar-refractivity contribution in [2.24, 2.45) is 11.7 Å². The van der Waals surface area contributed by atoms with Gasteiger partial charge in [-0.15, -0.1) is 0 Å². The second-order valence-electron chi connectivity index (χ2n) is 7.03. The van der Waals surface area contributed by atoms with Crippen LogP contribution >= 0.6 is 0 Å². The van der Waals surface area contributed by atoms with Crippen LogP contribution in [0.1, 0.15) is 47.3 Å². The quantitative estimate of drug-likeness (QED) is 0.855. The number of likely N-dealkylation sites (tertiary alicyclic amines) is 1. The summed E-state index contributed by atoms with van der Waals surface area (Å²) in [7, 11) is 0. The van der Waals surface area contributed by atoms with E-state index >= 15 is 0 Å². The van der Waals surface area contributed by atoms with Crippen LogP contribution in [-0.2, 0) is 17.6 Å². The first kappa shape index (κ1) is 17.4. The number of hydrogen-bond donors (Lipinski definition) is 1. The second kappa shape index (κ2) is 6.47. The molecule has 1 fully saturated rings. The van der Waals surface area contributed by atoms with E-state index < -0.39 is 5.91 Å². The molecular weight excluding hydrogens is 319 g/mol. The standard InChI is InChI=1S/C20H23FN2O2/c1-4-18(24)23-6-5-13(10-23)8-16-17(21)9-15(20(22)25)14-7-11(2)12(3)19(14)16/h4,9,13H,1,5-8,10H2,2-3H3,(H2,22,25). The molecule has 0 radical (unpaired) electrons. The minimum Gasteiger partial charge on any atom is -0.366 e. The smallest absolute Gasteiger partial charge is 0.249 e. The van der Waals surface area contributed by atoms with E-state index in [-0.39, 0.29) is 23.2 Å². The average molecular weight is 342 g/mol. The molecule has 25 heavy (non-hydrogen) atoms. The topological polar surface area (TPSA) is 63.4 Å². The van der Waals surface area contributed by atoms with E-state index in [0.29, 0.717) is 31.5 Å². The van der Waals surface area contributed by atoms with Gasteiger partial charge in [0.15, 0.2) is 0 Å². The number of hydrogen-bond acceptors (Lipinski definition) is 2. The molecule has 1 aromatic rings. The van der Waals surface area contributed by atoms with Crippen LogP contribution < -0.4 is 5.73 Å². The summed E-state index contributed by atoms with van der Waals surface area (Å²) in [6.07, 6.45) is 3.35. The highest BCUT2D eigenvalue weighted by Crippen LogP contribution is 2.39. The van der Waals surface area contributed by atoms with Crippen molar-refractivity contribution in [3.8, 4) is 0 Å². The maximum atomic E-state index is 14.8. The third-order valence-electron chi connectivity index (χ3n) is 5.48. The predicted molar refractivity (Wildman–Crippen MR) is 95.5 cm³/mol. The molecule has 2 N–H and O–H groups in total. The summed E-state index contributed by atoms with van der Waals surface area (Å²) in [5.41, 5.74) is 10.2. The van der Waals surface area contributed by atoms with Crippen LogP contribution in [-0.4, -0.2) is 29.8 Å². The number of fused-ring (bicyclic) bond motifs is 1. The molecule has 2 aliphatic rings. The van der Waals surface area contributed by atoms with Crippen molar-refractivity contribution in [3.63, 3.8) is 0 Å². The molecule has 1 heterocycles. The Morgan fingerprint density at radius 1 is 1.44 bits per heavy atom. The number of allylic oxidation sites excluding steroid dienone is 2. The van der Waals surface area contributed by atoms with Gasteiger partial charge in [-0.2, -0.15) is 0 Å². The van der Waals surface area contributed by atoms with Gasteiger partial charge in [-0.3, -0.25) is 9.59 Å². The number of amides is 2. The number of halogens is 1. The van der Waals surface area contributed by atoms with E-state index in [4.69, 9.17) is 5.73 Å². The number of benzene rings is 1. The second-order valence-corrected chi connectivity index (χ2v) is 7.03. The highest BCUT2D eigenvalue weighted by molar-refractivity contribution is 5.97. The first-order valence-corrected chi connectivity index (χ1v) is 8.55. The third kappa shape index (κ3) is 2.99. The Bertz CT molecular complexity index is 810. The van der Waals surface area contributed by atoms with Crippen molar-refractivity contribution in [2.45, 2.75) is 33.1 Å². The van der Waals surface area contributed by atoms with Gasteiger partial charge in [0.2, 0.25) is 11.8 Å². The number of rotatable bonds is 4. The van der Waals surface area contributed by atoms with Crippen LogP contribution in [0.25, 0.3) is 5.57 Å². The van der Waals surface area contributed by atoms with Crippen LogP contribution in [0, 0.1) is 11.7 Å². The highest BCUT2D eigenvalue weighted by Gasteiger charge is 2.31. The molecule has 1 saturated heterocycles. The number of carbonyl (C=O) groups excluding carboxylic acids is 2. The first-order valence-electron chi connectivity index (χ1n) is 8.55. The van der Waals surface area contributed by atoms with Gasteiger partial charge in [-0.1, -0.05) is 12.2 Å². The third-order valence-corrected chi connectivity index (χ3v) is 5.48. The number of carbonyl (C=O) groups is 2. The summed E-state index contributed by atoms with van der Waals surface area (Å²) in [4.78, 5) is 25.2. The zero-order valence-electron chi connectivity index (χ0n) is 14.7. The molecule has 0 aromatic heterocycles. The number of nitrogens with zero attached hydrogens (tertiary/aromatic N) is 1. The Morgan fingerprint density at radius 2 is 2.16 bits per heavy atom. The fourth-order valence-corrected chi connectivity index (χ4v) is 4.02. The molecule has 1 aliphatic heterocycles. The van der Waals surface area contributed by atoms with Crippen LogP contribution in [0.2, 0.25) is 0 Å². The normalized spacial score (nSPS) is 19.3. The summed E-state index contributed by atoms with van der Waals surface area (Å²) >= 11 is 0. The summed E-state index contributed by atoms with van der Waals surface area (Å²) in [6, 6.07) is 1.28. The SMILES string of the molecule is C=CC(=O)N1CCC(Cc2c(F)cc(C(N)=O)c3c2C(C)=C(C)C3)C1. The van der Waals surface area contributed by atoms with Gasteiger partial charge < -0.3 is 10.6 Å². The van der Waals surface area contributed by atoms with Gasteiger partial charge in [0, 0.05) is 18.7 Å². The Hall–Kier alpha value is -2.43. The predicted octanol–water partition coefficient (Wildman–Crippen LogP) is 2.85. The minimum absolute atomic E-state index is 0.0794. The molecule has 0 spiro atoms. The molecule has 1 aliphatic carbocycles. The summed E-state index contributed by atoms with van der Waals surface area (Å²) in [6.45, 7) is 8.77. The monoisotopic (exact) mass is 342 g/mol. The fraction of sp³-hybridized carbons (Fsp3) is 0.400. The summed E-state index contributed by atoms with van der Waals surface area (Å²) < 4.78 is 14.8. The van der Waals surface area contributed by atoms with Gasteiger partial charge >= 0.3 is 0 Å². The van der Waals surface area contributed by atoms with E-state index in [9.17, 15) is 14.0 Å². The van der Waals surface area contributed by atoms with Crippen molar-refractivity contribution in [3.05, 3.63) is 52.4 Å². The molecule has 1 aromatic carbocycles. The van der Waals surface area contributed by atoms with Gasteiger partial charge in [-0.05, 0) is 73.4 Å². The molecule has 0 bridgehead atoms. The highest BCUT2D eigenvalue weighted by atomic mass is 19.1. The lowest BCUT2D eigenvalue weighted by molar-refractivity contribution is -0.125. The van der Waals surface area contributed by atoms with Crippen LogP contribution in [0.5, 0.6) is 0 Å². The van der Waals surface area contributed by atoms with Crippen LogP contribution in [0.15, 0.2) is 24.3 Å². The lowest BCUT2D eigenvalue weighted by Crippen LogP contribution is -2.27. The summed E-state index contributed by atoms with van der Waals surface area (Å²) in [5, 5.41) is 0. The number of primary amides is 1. The molecule has 3 rings (SSSR count). The van der Waals surface area contributed by atoms with Crippen molar-refractivity contribution in [2.75, 3.05) is 13.1 Å². The molecule has 4 nitrogen and oxygen atoms in total. The molecule has 5 heteroatoms. The number of nitrogens with two attached hydrogens (primary N) is 1. The molecule has 132 valence electrons. The van der Waals surface area contributed by atoms with Crippen molar-refractivity contribution in [1.29, 1.82) is 0 Å². The molecule has 2 amide bonds. The zero-order chi connectivity index (χ0) is 18.3. The lowest BCUT2D eigenvalue weighted by atomic mass is 9.88. The van der Waals surface area contributed by atoms with Gasteiger partial charge in [-0.25, -0.2) is 4.39 Å². The van der Waals surface area contributed by atoms with Crippen LogP contribution in [0.4, 0.5) is 4.39 Å². The van der Waals surface area contributed by atoms with Crippen molar-refractivity contribution >= 4 is 17.4 Å². The Morgan fingerprint density at radius 3 is 2.80 bits per heavy atom. The largest absolute Gasteiger partial charge is 0.366 e. The average Bonchev–Trinajstić information content (AvgIpc) is 3.15. The maximum Gasteiger partial charge on any atom is 0.249 e. The first-order chi connectivity index (χ1) is 11.8. The van der Waals surface area contributed by atoms with Crippen LogP contribution in [0.3, 0.4) is 0 Å². The van der Waals surface area contributed by atoms with Gasteiger partial charge in [0.25, 0.3) is 0 Å². The summed E-state index contributed by atoms with van der Waals surface area (Å²) in [5.74, 6) is -0.845. The Balaban J connectivity index is 1.96. The molecule has 1 atom stereocenters.